The minimum atomic E-state index is 0.142. The van der Waals surface area contributed by atoms with Crippen molar-refractivity contribution < 1.29 is 9.15 Å². The Morgan fingerprint density at radius 2 is 2.00 bits per heavy atom. The van der Waals surface area contributed by atoms with Crippen LogP contribution in [0.5, 0.6) is 0 Å². The summed E-state index contributed by atoms with van der Waals surface area (Å²) >= 11 is 0. The van der Waals surface area contributed by atoms with Crippen LogP contribution in [0.2, 0.25) is 0 Å². The van der Waals surface area contributed by atoms with Crippen LogP contribution in [-0.4, -0.2) is 52.3 Å². The topological polar surface area (TPSA) is 67.8 Å². The van der Waals surface area contributed by atoms with Crippen LogP contribution in [-0.2, 0) is 4.74 Å². The van der Waals surface area contributed by atoms with Crippen molar-refractivity contribution in [3.8, 4) is 0 Å². The Hall–Kier alpha value is -2.38. The van der Waals surface area contributed by atoms with Crippen LogP contribution in [0.25, 0.3) is 5.65 Å². The first kappa shape index (κ1) is 18.0. The third-order valence-corrected chi connectivity index (χ3v) is 5.02. The maximum absolute atomic E-state index is 5.96. The smallest absolute Gasteiger partial charge is 0.157 e. The van der Waals surface area contributed by atoms with E-state index in [0.717, 1.165) is 61.5 Å². The van der Waals surface area contributed by atoms with Gasteiger partial charge in [-0.25, -0.2) is 4.98 Å². The van der Waals surface area contributed by atoms with Crippen LogP contribution in [0.1, 0.15) is 43.0 Å². The molecule has 3 aromatic heterocycles. The minimum Gasteiger partial charge on any atom is -0.465 e. The summed E-state index contributed by atoms with van der Waals surface area (Å²) in [4.78, 5) is 7.11. The number of hydrogen-bond donors (Lipinski definition) is 1. The summed E-state index contributed by atoms with van der Waals surface area (Å²) in [5.41, 5.74) is 1.92. The zero-order valence-corrected chi connectivity index (χ0v) is 16.2. The molecule has 4 heterocycles. The van der Waals surface area contributed by atoms with Crippen molar-refractivity contribution >= 4 is 11.5 Å². The second kappa shape index (κ2) is 7.70. The molecule has 1 fully saturated rings. The number of nitrogens with one attached hydrogen (secondary N) is 1. The quantitative estimate of drug-likeness (QED) is 0.719. The van der Waals surface area contributed by atoms with Gasteiger partial charge < -0.3 is 14.5 Å². The Labute approximate surface area is 159 Å². The van der Waals surface area contributed by atoms with Crippen LogP contribution in [0.15, 0.2) is 34.9 Å². The molecule has 1 atom stereocenters. The molecule has 0 aliphatic carbocycles. The summed E-state index contributed by atoms with van der Waals surface area (Å²) in [7, 11) is 0. The fourth-order valence-electron chi connectivity index (χ4n) is 3.49. The van der Waals surface area contributed by atoms with Gasteiger partial charge >= 0.3 is 0 Å². The lowest BCUT2D eigenvalue weighted by Gasteiger charge is -2.33. The molecule has 1 saturated heterocycles. The van der Waals surface area contributed by atoms with Crippen LogP contribution < -0.4 is 5.32 Å². The van der Waals surface area contributed by atoms with E-state index >= 15 is 0 Å². The second-order valence-electron chi connectivity index (χ2n) is 7.32. The molecule has 1 aliphatic heterocycles. The van der Waals surface area contributed by atoms with E-state index in [2.05, 4.69) is 46.3 Å². The number of morpholine rings is 1. The number of ether oxygens (including phenoxy) is 1. The van der Waals surface area contributed by atoms with Gasteiger partial charge in [0.25, 0.3) is 0 Å². The fraction of sp³-hybridized carbons (Fsp3) is 0.500. The summed E-state index contributed by atoms with van der Waals surface area (Å²) in [5.74, 6) is 3.23. The molecule has 0 bridgehead atoms. The Bertz CT molecular complexity index is 895. The van der Waals surface area contributed by atoms with E-state index in [1.54, 1.807) is 6.20 Å². The Morgan fingerprint density at radius 1 is 1.19 bits per heavy atom. The maximum Gasteiger partial charge on any atom is 0.157 e. The highest BCUT2D eigenvalue weighted by Gasteiger charge is 2.25. The molecule has 0 spiro atoms. The highest BCUT2D eigenvalue weighted by Crippen LogP contribution is 2.25. The lowest BCUT2D eigenvalue weighted by molar-refractivity contribution is 0.0143. The summed E-state index contributed by atoms with van der Waals surface area (Å²) in [5, 5.41) is 8.01. The van der Waals surface area contributed by atoms with Crippen LogP contribution in [0.4, 0.5) is 5.82 Å². The summed E-state index contributed by atoms with van der Waals surface area (Å²) in [6, 6.07) is 8.27. The van der Waals surface area contributed by atoms with Gasteiger partial charge in [0.1, 0.15) is 17.3 Å². The molecule has 1 N–H and O–H groups in total. The van der Waals surface area contributed by atoms with Crippen molar-refractivity contribution in [1.29, 1.82) is 0 Å². The van der Waals surface area contributed by atoms with E-state index in [1.165, 1.54) is 0 Å². The zero-order chi connectivity index (χ0) is 18.8. The van der Waals surface area contributed by atoms with Crippen LogP contribution >= 0.6 is 0 Å². The van der Waals surface area contributed by atoms with Crippen molar-refractivity contribution in [2.24, 2.45) is 0 Å². The van der Waals surface area contributed by atoms with Crippen molar-refractivity contribution in [2.75, 3.05) is 38.2 Å². The number of nitrogens with zero attached hydrogens (tertiary/aromatic N) is 4. The summed E-state index contributed by atoms with van der Waals surface area (Å²) in [6.45, 7) is 10.3. The molecule has 7 heteroatoms. The number of aromatic nitrogens is 3. The molecule has 0 unspecified atom stereocenters. The molecule has 7 nitrogen and oxygen atoms in total. The Balaban J connectivity index is 1.60. The second-order valence-corrected chi connectivity index (χ2v) is 7.32. The van der Waals surface area contributed by atoms with Gasteiger partial charge in [0.15, 0.2) is 5.65 Å². The van der Waals surface area contributed by atoms with Crippen LogP contribution in [0, 0.1) is 6.92 Å². The monoisotopic (exact) mass is 369 g/mol. The first-order valence-corrected chi connectivity index (χ1v) is 9.58. The molecule has 0 aromatic carbocycles. The highest BCUT2D eigenvalue weighted by molar-refractivity contribution is 5.49. The first-order valence-electron chi connectivity index (χ1n) is 9.58. The molecule has 0 radical (unpaired) electrons. The minimum absolute atomic E-state index is 0.142. The molecule has 3 aromatic rings. The SMILES string of the molecule is Cc1ccc([C@@H](CNc2cc(C(C)C)nc3ccnn23)N2CCOCC2)o1. The maximum atomic E-state index is 5.96. The normalized spacial score (nSPS) is 16.9. The van der Waals surface area contributed by atoms with Crippen molar-refractivity contribution in [3.05, 3.63) is 47.7 Å². The number of hydrogen-bond acceptors (Lipinski definition) is 6. The highest BCUT2D eigenvalue weighted by atomic mass is 16.5. The fourth-order valence-corrected chi connectivity index (χ4v) is 3.49. The standard InChI is InChI=1S/C20H27N5O2/c1-14(2)16-12-20(25-19(23-16)6-7-22-25)21-13-17(18-5-4-15(3)27-18)24-8-10-26-11-9-24/h4-7,12,14,17,21H,8-11,13H2,1-3H3/t17-/m1/s1. The summed E-state index contributed by atoms with van der Waals surface area (Å²) in [6.07, 6.45) is 1.78. The third-order valence-electron chi connectivity index (χ3n) is 5.02. The molecule has 27 heavy (non-hydrogen) atoms. The number of rotatable bonds is 6. The van der Waals surface area contributed by atoms with Gasteiger partial charge in [-0.1, -0.05) is 13.8 Å². The molecule has 1 aliphatic rings. The van der Waals surface area contributed by atoms with E-state index in [0.29, 0.717) is 5.92 Å². The Morgan fingerprint density at radius 3 is 2.70 bits per heavy atom. The summed E-state index contributed by atoms with van der Waals surface area (Å²) < 4.78 is 13.3. The Kier molecular flexibility index (Phi) is 5.13. The van der Waals surface area contributed by atoms with Gasteiger partial charge in [0.05, 0.1) is 25.5 Å². The lowest BCUT2D eigenvalue weighted by atomic mass is 10.1. The lowest BCUT2D eigenvalue weighted by Crippen LogP contribution is -2.41. The number of furan rings is 1. The zero-order valence-electron chi connectivity index (χ0n) is 16.2. The average molecular weight is 369 g/mol. The molecular weight excluding hydrogens is 342 g/mol. The van der Waals surface area contributed by atoms with Gasteiger partial charge in [-0.05, 0) is 25.0 Å². The van der Waals surface area contributed by atoms with Crippen molar-refractivity contribution in [1.82, 2.24) is 19.5 Å². The molecule has 0 saturated carbocycles. The van der Waals surface area contributed by atoms with Gasteiger partial charge in [0.2, 0.25) is 0 Å². The van der Waals surface area contributed by atoms with Crippen molar-refractivity contribution in [2.45, 2.75) is 32.7 Å². The number of aryl methyl sites for hydroxylation is 1. The predicted molar refractivity (Wildman–Crippen MR) is 104 cm³/mol. The van der Waals surface area contributed by atoms with E-state index in [4.69, 9.17) is 9.15 Å². The predicted octanol–water partition coefficient (Wildman–Crippen LogP) is 3.24. The molecule has 0 amide bonds. The van der Waals surface area contributed by atoms with E-state index in [9.17, 15) is 0 Å². The van der Waals surface area contributed by atoms with Gasteiger partial charge in [-0.3, -0.25) is 4.90 Å². The van der Waals surface area contributed by atoms with Crippen LogP contribution in [0.3, 0.4) is 0 Å². The first-order chi connectivity index (χ1) is 13.1. The van der Waals surface area contributed by atoms with Gasteiger partial charge in [-0.2, -0.15) is 9.61 Å². The van der Waals surface area contributed by atoms with E-state index in [-0.39, 0.29) is 6.04 Å². The number of anilines is 1. The van der Waals surface area contributed by atoms with E-state index in [1.807, 2.05) is 23.6 Å². The third kappa shape index (κ3) is 3.84. The largest absolute Gasteiger partial charge is 0.465 e. The average Bonchev–Trinajstić information content (AvgIpc) is 3.31. The molecular formula is C20H27N5O2. The van der Waals surface area contributed by atoms with Gasteiger partial charge in [0, 0.05) is 37.5 Å². The van der Waals surface area contributed by atoms with E-state index < -0.39 is 0 Å². The molecule has 4 rings (SSSR count). The number of fused-ring (bicyclic) bond motifs is 1. The van der Waals surface area contributed by atoms with Gasteiger partial charge in [-0.15, -0.1) is 0 Å². The van der Waals surface area contributed by atoms with Crippen molar-refractivity contribution in [3.63, 3.8) is 0 Å². The molecule has 144 valence electrons.